The maximum Gasteiger partial charge on any atom is 0.277 e. The van der Waals surface area contributed by atoms with Crippen molar-refractivity contribution < 1.29 is 4.79 Å². The van der Waals surface area contributed by atoms with E-state index in [4.69, 9.17) is 0 Å². The second-order valence-corrected chi connectivity index (χ2v) is 5.92. The summed E-state index contributed by atoms with van der Waals surface area (Å²) < 4.78 is 0. The van der Waals surface area contributed by atoms with Crippen LogP contribution in [0.5, 0.6) is 0 Å². The number of anilines is 1. The molecular weight excluding hydrogens is 284 g/mol. The predicted octanol–water partition coefficient (Wildman–Crippen LogP) is 4.49. The Hall–Kier alpha value is -2.68. The molecule has 0 N–H and O–H groups in total. The lowest BCUT2D eigenvalue weighted by Gasteiger charge is -2.22. The Bertz CT molecular complexity index is 778. The SMILES string of the molecule is O=C1C(=Nc2ccccc2)C2CCCC=C2N1c1ccccc1. The number of carbonyl (C=O) groups excluding carboxylic acids is 1. The molecule has 0 saturated carbocycles. The monoisotopic (exact) mass is 302 g/mol. The molecule has 0 spiro atoms. The Morgan fingerprint density at radius 3 is 2.39 bits per heavy atom. The van der Waals surface area contributed by atoms with Crippen LogP contribution >= 0.6 is 0 Å². The number of para-hydroxylation sites is 2. The van der Waals surface area contributed by atoms with E-state index in [0.717, 1.165) is 36.3 Å². The van der Waals surface area contributed by atoms with Crippen LogP contribution in [0.2, 0.25) is 0 Å². The largest absolute Gasteiger partial charge is 0.279 e. The Kier molecular flexibility index (Phi) is 3.54. The first-order chi connectivity index (χ1) is 11.3. The number of rotatable bonds is 2. The molecular formula is C20H18N2O. The number of amides is 1. The van der Waals surface area contributed by atoms with E-state index in [1.807, 2.05) is 65.6 Å². The molecule has 3 heteroatoms. The van der Waals surface area contributed by atoms with E-state index in [-0.39, 0.29) is 11.8 Å². The Morgan fingerprint density at radius 2 is 1.65 bits per heavy atom. The molecule has 0 bridgehead atoms. The number of nitrogens with zero attached hydrogens (tertiary/aromatic N) is 2. The number of hydrogen-bond acceptors (Lipinski definition) is 2. The van der Waals surface area contributed by atoms with Gasteiger partial charge in [-0.1, -0.05) is 42.5 Å². The summed E-state index contributed by atoms with van der Waals surface area (Å²) in [6, 6.07) is 19.6. The van der Waals surface area contributed by atoms with Crippen LogP contribution in [0.4, 0.5) is 11.4 Å². The molecule has 3 nitrogen and oxygen atoms in total. The van der Waals surface area contributed by atoms with E-state index >= 15 is 0 Å². The average molecular weight is 302 g/mol. The van der Waals surface area contributed by atoms with Crippen molar-refractivity contribution in [1.82, 2.24) is 0 Å². The molecule has 0 radical (unpaired) electrons. The number of allylic oxidation sites excluding steroid dienone is 2. The molecule has 1 amide bonds. The first-order valence-corrected chi connectivity index (χ1v) is 8.08. The lowest BCUT2D eigenvalue weighted by molar-refractivity contribution is -0.111. The van der Waals surface area contributed by atoms with E-state index < -0.39 is 0 Å². The normalized spacial score (nSPS) is 22.2. The molecule has 2 aromatic rings. The lowest BCUT2D eigenvalue weighted by Crippen LogP contribution is -2.26. The fraction of sp³-hybridized carbons (Fsp3) is 0.200. The van der Waals surface area contributed by atoms with Crippen LogP contribution in [-0.2, 0) is 4.79 Å². The van der Waals surface area contributed by atoms with Gasteiger partial charge in [0.2, 0.25) is 0 Å². The van der Waals surface area contributed by atoms with E-state index in [1.165, 1.54) is 0 Å². The number of fused-ring (bicyclic) bond motifs is 1. The number of benzene rings is 2. The molecule has 1 unspecified atom stereocenters. The van der Waals surface area contributed by atoms with Gasteiger partial charge in [0.05, 0.1) is 5.69 Å². The second-order valence-electron chi connectivity index (χ2n) is 5.92. The topological polar surface area (TPSA) is 32.7 Å². The highest BCUT2D eigenvalue weighted by atomic mass is 16.2. The van der Waals surface area contributed by atoms with Crippen LogP contribution in [0.1, 0.15) is 19.3 Å². The summed E-state index contributed by atoms with van der Waals surface area (Å²) in [4.78, 5) is 19.6. The van der Waals surface area contributed by atoms with Gasteiger partial charge in [-0.05, 0) is 43.5 Å². The van der Waals surface area contributed by atoms with Crippen molar-refractivity contribution in [1.29, 1.82) is 0 Å². The molecule has 23 heavy (non-hydrogen) atoms. The fourth-order valence-corrected chi connectivity index (χ4v) is 3.38. The van der Waals surface area contributed by atoms with Gasteiger partial charge in [-0.3, -0.25) is 9.69 Å². The third-order valence-electron chi connectivity index (χ3n) is 4.44. The molecule has 1 saturated heterocycles. The molecule has 1 fully saturated rings. The van der Waals surface area contributed by atoms with Crippen LogP contribution < -0.4 is 4.90 Å². The standard InChI is InChI=1S/C20H18N2O/c23-20-19(21-15-9-3-1-4-10-15)17-13-7-8-14-18(17)22(20)16-11-5-2-6-12-16/h1-6,9-12,14,17H,7-8,13H2. The predicted molar refractivity (Wildman–Crippen MR) is 92.9 cm³/mol. The molecule has 2 aromatic carbocycles. The third kappa shape index (κ3) is 2.48. The lowest BCUT2D eigenvalue weighted by atomic mass is 9.91. The summed E-state index contributed by atoms with van der Waals surface area (Å²) in [6.07, 6.45) is 5.33. The van der Waals surface area contributed by atoms with Gasteiger partial charge in [-0.2, -0.15) is 0 Å². The Balaban J connectivity index is 1.80. The minimum atomic E-state index is 0.0122. The van der Waals surface area contributed by atoms with Crippen LogP contribution in [0, 0.1) is 5.92 Å². The van der Waals surface area contributed by atoms with Gasteiger partial charge in [0.25, 0.3) is 5.91 Å². The van der Waals surface area contributed by atoms with Crippen molar-refractivity contribution in [3.05, 3.63) is 72.4 Å². The Labute approximate surface area is 136 Å². The number of hydrogen-bond donors (Lipinski definition) is 0. The van der Waals surface area contributed by atoms with E-state index in [0.29, 0.717) is 5.71 Å². The van der Waals surface area contributed by atoms with Crippen LogP contribution in [0.25, 0.3) is 0 Å². The quantitative estimate of drug-likeness (QED) is 0.804. The highest BCUT2D eigenvalue weighted by Crippen LogP contribution is 2.39. The number of aliphatic imine (C=N–C) groups is 1. The third-order valence-corrected chi connectivity index (χ3v) is 4.44. The molecule has 1 heterocycles. The van der Waals surface area contributed by atoms with Crippen molar-refractivity contribution in [2.45, 2.75) is 19.3 Å². The molecule has 114 valence electrons. The molecule has 0 aromatic heterocycles. The van der Waals surface area contributed by atoms with Crippen molar-refractivity contribution >= 4 is 23.0 Å². The smallest absolute Gasteiger partial charge is 0.277 e. The summed E-state index contributed by atoms with van der Waals surface area (Å²) in [7, 11) is 0. The first kappa shape index (κ1) is 13.9. The van der Waals surface area contributed by atoms with Crippen molar-refractivity contribution in [2.24, 2.45) is 10.9 Å². The van der Waals surface area contributed by atoms with Gasteiger partial charge in [0, 0.05) is 17.3 Å². The average Bonchev–Trinajstić information content (AvgIpc) is 2.89. The second kappa shape index (κ2) is 5.84. The zero-order valence-electron chi connectivity index (χ0n) is 12.9. The maximum atomic E-state index is 13.0. The molecule has 1 aliphatic carbocycles. The molecule has 1 atom stereocenters. The molecule has 2 aliphatic rings. The zero-order valence-corrected chi connectivity index (χ0v) is 12.9. The van der Waals surface area contributed by atoms with Gasteiger partial charge < -0.3 is 0 Å². The first-order valence-electron chi connectivity index (χ1n) is 8.08. The van der Waals surface area contributed by atoms with Gasteiger partial charge in [-0.15, -0.1) is 0 Å². The molecule has 1 aliphatic heterocycles. The summed E-state index contributed by atoms with van der Waals surface area (Å²) in [5.74, 6) is 0.134. The van der Waals surface area contributed by atoms with Crippen LogP contribution in [0.3, 0.4) is 0 Å². The zero-order chi connectivity index (χ0) is 15.6. The van der Waals surface area contributed by atoms with Gasteiger partial charge in [-0.25, -0.2) is 4.99 Å². The number of carbonyl (C=O) groups is 1. The van der Waals surface area contributed by atoms with E-state index in [1.54, 1.807) is 0 Å². The summed E-state index contributed by atoms with van der Waals surface area (Å²) >= 11 is 0. The molecule has 4 rings (SSSR count). The Morgan fingerprint density at radius 1 is 0.957 bits per heavy atom. The minimum Gasteiger partial charge on any atom is -0.279 e. The van der Waals surface area contributed by atoms with Crippen molar-refractivity contribution in [3.63, 3.8) is 0 Å². The summed E-state index contributed by atoms with van der Waals surface area (Å²) in [6.45, 7) is 0. The fourth-order valence-electron chi connectivity index (χ4n) is 3.38. The van der Waals surface area contributed by atoms with Gasteiger partial charge in [0.1, 0.15) is 5.71 Å². The maximum absolute atomic E-state index is 13.0. The van der Waals surface area contributed by atoms with Crippen LogP contribution in [-0.4, -0.2) is 11.6 Å². The highest BCUT2D eigenvalue weighted by Gasteiger charge is 2.42. The van der Waals surface area contributed by atoms with Gasteiger partial charge in [0.15, 0.2) is 0 Å². The van der Waals surface area contributed by atoms with E-state index in [9.17, 15) is 4.79 Å². The summed E-state index contributed by atoms with van der Waals surface area (Å²) in [5, 5.41) is 0. The van der Waals surface area contributed by atoms with Crippen molar-refractivity contribution in [3.8, 4) is 0 Å². The van der Waals surface area contributed by atoms with E-state index in [2.05, 4.69) is 11.1 Å². The summed E-state index contributed by atoms with van der Waals surface area (Å²) in [5.41, 5.74) is 3.54. The van der Waals surface area contributed by atoms with Crippen LogP contribution in [0.15, 0.2) is 77.4 Å². The highest BCUT2D eigenvalue weighted by molar-refractivity contribution is 6.49. The van der Waals surface area contributed by atoms with Crippen molar-refractivity contribution in [2.75, 3.05) is 4.90 Å². The van der Waals surface area contributed by atoms with Gasteiger partial charge >= 0.3 is 0 Å². The minimum absolute atomic E-state index is 0.0122.